The Morgan fingerprint density at radius 1 is 1.36 bits per heavy atom. The number of para-hydroxylation sites is 1. The summed E-state index contributed by atoms with van der Waals surface area (Å²) in [6, 6.07) is 11.8. The van der Waals surface area contributed by atoms with Crippen LogP contribution in [0.4, 0.5) is 0 Å². The monoisotopic (exact) mass is 353 g/mol. The first-order valence-corrected chi connectivity index (χ1v) is 9.40. The minimum atomic E-state index is 0.0502. The lowest BCUT2D eigenvalue weighted by Crippen LogP contribution is -2.33. The standard InChI is InChI=1S/C16H16ClNO2S2/c17-15-6-5-11(22-15)9-21-10-16(19)18-13-7-8-20-14-4-2-1-3-12(13)14/h1-6,13H,7-10H2,(H,18,19)/t13-/m1/s1. The SMILES string of the molecule is O=C(CSCc1ccc(Cl)s1)N[C@@H]1CCOc2ccccc21. The number of amides is 1. The van der Waals surface area contributed by atoms with Crippen LogP contribution in [0.25, 0.3) is 0 Å². The van der Waals surface area contributed by atoms with Gasteiger partial charge in [-0.15, -0.1) is 23.1 Å². The Balaban J connectivity index is 1.50. The Morgan fingerprint density at radius 3 is 3.05 bits per heavy atom. The predicted molar refractivity (Wildman–Crippen MR) is 92.9 cm³/mol. The van der Waals surface area contributed by atoms with Crippen molar-refractivity contribution in [3.8, 4) is 5.75 Å². The summed E-state index contributed by atoms with van der Waals surface area (Å²) in [7, 11) is 0. The number of hydrogen-bond acceptors (Lipinski definition) is 4. The summed E-state index contributed by atoms with van der Waals surface area (Å²) in [5.41, 5.74) is 1.07. The number of thiophene rings is 1. The molecule has 0 saturated carbocycles. The Morgan fingerprint density at radius 2 is 2.23 bits per heavy atom. The van der Waals surface area contributed by atoms with Crippen LogP contribution in [0.5, 0.6) is 5.75 Å². The van der Waals surface area contributed by atoms with Gasteiger partial charge in [0.05, 0.1) is 22.7 Å². The first kappa shape index (κ1) is 15.7. The number of ether oxygens (including phenoxy) is 1. The molecule has 2 heterocycles. The van der Waals surface area contributed by atoms with Gasteiger partial charge in [-0.3, -0.25) is 4.79 Å². The fraction of sp³-hybridized carbons (Fsp3) is 0.312. The number of halogens is 1. The van der Waals surface area contributed by atoms with E-state index in [1.54, 1.807) is 23.1 Å². The molecule has 2 aromatic rings. The topological polar surface area (TPSA) is 38.3 Å². The van der Waals surface area contributed by atoms with Gasteiger partial charge in [-0.05, 0) is 18.2 Å². The third-order valence-corrected chi connectivity index (χ3v) is 5.80. The summed E-state index contributed by atoms with van der Waals surface area (Å²) in [6.45, 7) is 0.642. The molecule has 0 spiro atoms. The molecule has 1 aliphatic heterocycles. The van der Waals surface area contributed by atoms with Gasteiger partial charge in [0.25, 0.3) is 0 Å². The zero-order valence-electron chi connectivity index (χ0n) is 11.9. The van der Waals surface area contributed by atoms with Gasteiger partial charge in [0, 0.05) is 22.6 Å². The van der Waals surface area contributed by atoms with E-state index in [-0.39, 0.29) is 11.9 Å². The molecule has 116 valence electrons. The van der Waals surface area contributed by atoms with Crippen molar-refractivity contribution in [2.24, 2.45) is 0 Å². The Hall–Kier alpha value is -1.17. The zero-order chi connectivity index (χ0) is 15.4. The second-order valence-corrected chi connectivity index (χ2v) is 7.78. The van der Waals surface area contributed by atoms with Gasteiger partial charge in [-0.1, -0.05) is 29.8 Å². The summed E-state index contributed by atoms with van der Waals surface area (Å²) in [5, 5.41) is 3.10. The number of fused-ring (bicyclic) bond motifs is 1. The molecule has 0 bridgehead atoms. The summed E-state index contributed by atoms with van der Waals surface area (Å²) >= 11 is 9.06. The summed E-state index contributed by atoms with van der Waals surface area (Å²) < 4.78 is 6.40. The molecule has 6 heteroatoms. The lowest BCUT2D eigenvalue weighted by molar-refractivity contribution is -0.119. The highest BCUT2D eigenvalue weighted by molar-refractivity contribution is 7.99. The highest BCUT2D eigenvalue weighted by atomic mass is 35.5. The fourth-order valence-corrected chi connectivity index (χ4v) is 4.44. The highest BCUT2D eigenvalue weighted by Gasteiger charge is 2.22. The van der Waals surface area contributed by atoms with Gasteiger partial charge >= 0.3 is 0 Å². The van der Waals surface area contributed by atoms with Crippen molar-refractivity contribution in [2.45, 2.75) is 18.2 Å². The lowest BCUT2D eigenvalue weighted by Gasteiger charge is -2.26. The maximum atomic E-state index is 12.1. The number of nitrogens with one attached hydrogen (secondary N) is 1. The molecule has 1 amide bonds. The molecule has 0 saturated heterocycles. The van der Waals surface area contributed by atoms with Crippen molar-refractivity contribution in [1.82, 2.24) is 5.32 Å². The second-order valence-electron chi connectivity index (χ2n) is 4.99. The van der Waals surface area contributed by atoms with E-state index >= 15 is 0 Å². The van der Waals surface area contributed by atoms with Crippen molar-refractivity contribution in [3.63, 3.8) is 0 Å². The maximum absolute atomic E-state index is 12.1. The minimum absolute atomic E-state index is 0.0502. The molecule has 0 unspecified atom stereocenters. The molecule has 0 fully saturated rings. The van der Waals surface area contributed by atoms with Gasteiger partial charge in [-0.25, -0.2) is 0 Å². The van der Waals surface area contributed by atoms with Crippen molar-refractivity contribution in [2.75, 3.05) is 12.4 Å². The normalized spacial score (nSPS) is 16.7. The quantitative estimate of drug-likeness (QED) is 0.872. The van der Waals surface area contributed by atoms with Crippen LogP contribution in [-0.4, -0.2) is 18.3 Å². The molecule has 22 heavy (non-hydrogen) atoms. The van der Waals surface area contributed by atoms with Crippen LogP contribution in [0.2, 0.25) is 4.34 Å². The molecular weight excluding hydrogens is 338 g/mol. The van der Waals surface area contributed by atoms with Gasteiger partial charge in [0.1, 0.15) is 5.75 Å². The molecule has 0 radical (unpaired) electrons. The van der Waals surface area contributed by atoms with Crippen LogP contribution in [-0.2, 0) is 10.5 Å². The molecule has 0 aliphatic carbocycles. The second kappa shape index (κ2) is 7.40. The number of carbonyl (C=O) groups is 1. The molecular formula is C16H16ClNO2S2. The Kier molecular flexibility index (Phi) is 5.28. The van der Waals surface area contributed by atoms with Gasteiger partial charge in [0.15, 0.2) is 0 Å². The average molecular weight is 354 g/mol. The van der Waals surface area contributed by atoms with Crippen LogP contribution in [0.1, 0.15) is 22.9 Å². The van der Waals surface area contributed by atoms with Crippen LogP contribution >= 0.6 is 34.7 Å². The molecule has 3 nitrogen and oxygen atoms in total. The molecule has 1 aromatic carbocycles. The Bertz CT molecular complexity index is 659. The number of rotatable bonds is 5. The molecule has 1 N–H and O–H groups in total. The number of hydrogen-bond donors (Lipinski definition) is 1. The van der Waals surface area contributed by atoms with Crippen molar-refractivity contribution in [1.29, 1.82) is 0 Å². The smallest absolute Gasteiger partial charge is 0.230 e. The fourth-order valence-electron chi connectivity index (χ4n) is 2.40. The van der Waals surface area contributed by atoms with E-state index in [0.717, 1.165) is 27.8 Å². The maximum Gasteiger partial charge on any atom is 0.230 e. The van der Waals surface area contributed by atoms with E-state index in [4.69, 9.17) is 16.3 Å². The van der Waals surface area contributed by atoms with Gasteiger partial charge in [0.2, 0.25) is 5.91 Å². The van der Waals surface area contributed by atoms with Crippen molar-refractivity contribution in [3.05, 3.63) is 51.2 Å². The predicted octanol–water partition coefficient (Wildman–Crippen LogP) is 4.27. The van der Waals surface area contributed by atoms with E-state index in [9.17, 15) is 4.79 Å². The van der Waals surface area contributed by atoms with Crippen LogP contribution < -0.4 is 10.1 Å². The molecule has 1 aromatic heterocycles. The molecule has 1 atom stereocenters. The molecule has 3 rings (SSSR count). The summed E-state index contributed by atoms with van der Waals surface area (Å²) in [4.78, 5) is 13.3. The van der Waals surface area contributed by atoms with Crippen molar-refractivity contribution >= 4 is 40.6 Å². The summed E-state index contributed by atoms with van der Waals surface area (Å²) in [5.74, 6) is 2.21. The molecule has 1 aliphatic rings. The van der Waals surface area contributed by atoms with E-state index in [0.29, 0.717) is 12.4 Å². The Labute approximate surface area is 143 Å². The van der Waals surface area contributed by atoms with E-state index in [1.165, 1.54) is 4.88 Å². The minimum Gasteiger partial charge on any atom is -0.493 e. The zero-order valence-corrected chi connectivity index (χ0v) is 14.3. The van der Waals surface area contributed by atoms with E-state index in [1.807, 2.05) is 36.4 Å². The van der Waals surface area contributed by atoms with E-state index in [2.05, 4.69) is 5.32 Å². The highest BCUT2D eigenvalue weighted by Crippen LogP contribution is 2.31. The third kappa shape index (κ3) is 3.97. The van der Waals surface area contributed by atoms with Gasteiger partial charge < -0.3 is 10.1 Å². The number of carbonyl (C=O) groups excluding carboxylic acids is 1. The number of benzene rings is 1. The lowest BCUT2D eigenvalue weighted by atomic mass is 10.0. The number of thioether (sulfide) groups is 1. The van der Waals surface area contributed by atoms with Crippen LogP contribution in [0, 0.1) is 0 Å². The largest absolute Gasteiger partial charge is 0.493 e. The van der Waals surface area contributed by atoms with Crippen molar-refractivity contribution < 1.29 is 9.53 Å². The van der Waals surface area contributed by atoms with Crippen LogP contribution in [0.3, 0.4) is 0 Å². The van der Waals surface area contributed by atoms with E-state index < -0.39 is 0 Å². The third-order valence-electron chi connectivity index (χ3n) is 3.40. The first-order chi connectivity index (χ1) is 10.7. The average Bonchev–Trinajstić information content (AvgIpc) is 2.93. The van der Waals surface area contributed by atoms with Gasteiger partial charge in [-0.2, -0.15) is 0 Å². The first-order valence-electron chi connectivity index (χ1n) is 7.05. The summed E-state index contributed by atoms with van der Waals surface area (Å²) in [6.07, 6.45) is 0.813. The van der Waals surface area contributed by atoms with Crippen LogP contribution in [0.15, 0.2) is 36.4 Å².